The minimum absolute atomic E-state index is 0.151. The van der Waals surface area contributed by atoms with Crippen LogP contribution >= 0.6 is 11.6 Å². The van der Waals surface area contributed by atoms with E-state index in [1.165, 1.54) is 12.3 Å². The molecule has 0 atom stereocenters. The number of benzene rings is 2. The first-order chi connectivity index (χ1) is 12.3. The van der Waals surface area contributed by atoms with E-state index >= 15 is 0 Å². The Morgan fingerprint density at radius 2 is 1.65 bits per heavy atom. The minimum atomic E-state index is -3.40. The van der Waals surface area contributed by atoms with Gasteiger partial charge in [-0.2, -0.15) is 0 Å². The van der Waals surface area contributed by atoms with E-state index < -0.39 is 9.84 Å². The van der Waals surface area contributed by atoms with Gasteiger partial charge in [-0.05, 0) is 48.5 Å². The van der Waals surface area contributed by atoms with Gasteiger partial charge in [0.1, 0.15) is 0 Å². The van der Waals surface area contributed by atoms with Gasteiger partial charge in [-0.1, -0.05) is 23.7 Å². The predicted molar refractivity (Wildman–Crippen MR) is 102 cm³/mol. The molecule has 7 heteroatoms. The van der Waals surface area contributed by atoms with E-state index in [9.17, 15) is 13.2 Å². The molecule has 1 heterocycles. The molecule has 0 unspecified atom stereocenters. The number of hydrogen-bond donors (Lipinski definition) is 1. The van der Waals surface area contributed by atoms with Crippen molar-refractivity contribution in [1.82, 2.24) is 4.98 Å². The Bertz CT molecular complexity index is 1050. The third-order valence-corrected chi connectivity index (χ3v) is 5.07. The van der Waals surface area contributed by atoms with E-state index in [0.29, 0.717) is 27.5 Å². The van der Waals surface area contributed by atoms with Gasteiger partial charge >= 0.3 is 0 Å². The lowest BCUT2D eigenvalue weighted by Crippen LogP contribution is -2.11. The predicted octanol–water partition coefficient (Wildman–Crippen LogP) is 4.06. The van der Waals surface area contributed by atoms with Crippen molar-refractivity contribution < 1.29 is 13.2 Å². The third-order valence-electron chi connectivity index (χ3n) is 3.69. The molecule has 26 heavy (non-hydrogen) atoms. The lowest BCUT2D eigenvalue weighted by molar-refractivity contribution is 0.102. The van der Waals surface area contributed by atoms with Crippen molar-refractivity contribution in [3.05, 3.63) is 77.4 Å². The highest BCUT2D eigenvalue weighted by Crippen LogP contribution is 2.25. The van der Waals surface area contributed by atoms with E-state index in [0.717, 1.165) is 6.26 Å². The zero-order valence-corrected chi connectivity index (χ0v) is 15.4. The Hall–Kier alpha value is -2.70. The van der Waals surface area contributed by atoms with Crippen LogP contribution < -0.4 is 5.32 Å². The molecular weight excluding hydrogens is 372 g/mol. The summed E-state index contributed by atoms with van der Waals surface area (Å²) in [6.45, 7) is 0. The summed E-state index contributed by atoms with van der Waals surface area (Å²) < 4.78 is 23.8. The monoisotopic (exact) mass is 386 g/mol. The van der Waals surface area contributed by atoms with Gasteiger partial charge in [0, 0.05) is 34.3 Å². The fourth-order valence-corrected chi connectivity index (χ4v) is 3.40. The quantitative estimate of drug-likeness (QED) is 0.733. The summed E-state index contributed by atoms with van der Waals surface area (Å²) in [6, 6.07) is 16.5. The number of nitrogens with one attached hydrogen (secondary N) is 1. The Morgan fingerprint density at radius 3 is 2.27 bits per heavy atom. The van der Waals surface area contributed by atoms with Gasteiger partial charge in [0.2, 0.25) is 0 Å². The summed E-state index contributed by atoms with van der Waals surface area (Å²) in [5, 5.41) is 3.36. The summed E-state index contributed by atoms with van der Waals surface area (Å²) in [4.78, 5) is 16.6. The molecule has 0 aliphatic rings. The Balaban J connectivity index is 1.85. The number of sulfone groups is 1. The summed E-state index contributed by atoms with van der Waals surface area (Å²) in [7, 11) is -3.40. The van der Waals surface area contributed by atoms with Crippen LogP contribution in [0.25, 0.3) is 11.3 Å². The first-order valence-electron chi connectivity index (χ1n) is 7.67. The van der Waals surface area contributed by atoms with Gasteiger partial charge in [0.05, 0.1) is 10.6 Å². The average Bonchev–Trinajstić information content (AvgIpc) is 2.63. The van der Waals surface area contributed by atoms with Gasteiger partial charge in [-0.15, -0.1) is 0 Å². The van der Waals surface area contributed by atoms with Crippen LogP contribution in [-0.4, -0.2) is 25.6 Å². The first-order valence-corrected chi connectivity index (χ1v) is 9.94. The molecule has 0 saturated heterocycles. The highest BCUT2D eigenvalue weighted by Gasteiger charge is 2.16. The fourth-order valence-electron chi connectivity index (χ4n) is 2.42. The number of nitrogens with zero attached hydrogens (tertiary/aromatic N) is 1. The minimum Gasteiger partial charge on any atom is -0.322 e. The average molecular weight is 387 g/mol. The number of halogens is 1. The van der Waals surface area contributed by atoms with Crippen molar-refractivity contribution >= 4 is 33.0 Å². The van der Waals surface area contributed by atoms with Crippen LogP contribution in [0.1, 0.15) is 10.4 Å². The molecule has 0 bridgehead atoms. The van der Waals surface area contributed by atoms with Crippen LogP contribution in [0.4, 0.5) is 5.69 Å². The lowest BCUT2D eigenvalue weighted by atomic mass is 10.1. The van der Waals surface area contributed by atoms with Crippen molar-refractivity contribution in [3.63, 3.8) is 0 Å². The summed E-state index contributed by atoms with van der Waals surface area (Å²) in [5.41, 5.74) is 2.06. The summed E-state index contributed by atoms with van der Waals surface area (Å²) in [5.74, 6) is -0.275. The van der Waals surface area contributed by atoms with Crippen molar-refractivity contribution in [3.8, 4) is 11.3 Å². The van der Waals surface area contributed by atoms with E-state index in [1.54, 1.807) is 54.6 Å². The summed E-state index contributed by atoms with van der Waals surface area (Å²) >= 11 is 5.82. The third kappa shape index (κ3) is 4.09. The second-order valence-corrected chi connectivity index (χ2v) is 8.08. The number of pyridine rings is 1. The molecular formula is C19H15ClN2O3S. The Kier molecular flexibility index (Phi) is 5.06. The largest absolute Gasteiger partial charge is 0.322 e. The molecule has 0 aliphatic carbocycles. The van der Waals surface area contributed by atoms with Crippen molar-refractivity contribution in [2.45, 2.75) is 4.90 Å². The molecule has 1 N–H and O–H groups in total. The van der Waals surface area contributed by atoms with E-state index in [-0.39, 0.29) is 10.8 Å². The van der Waals surface area contributed by atoms with E-state index in [2.05, 4.69) is 10.3 Å². The molecule has 0 radical (unpaired) electrons. The molecule has 3 rings (SSSR count). The number of anilines is 1. The van der Waals surface area contributed by atoms with Crippen LogP contribution in [0.15, 0.2) is 71.8 Å². The number of aromatic nitrogens is 1. The zero-order valence-electron chi connectivity index (χ0n) is 13.8. The molecule has 1 amide bonds. The zero-order chi connectivity index (χ0) is 18.7. The van der Waals surface area contributed by atoms with Crippen LogP contribution in [-0.2, 0) is 9.84 Å². The molecule has 0 fully saturated rings. The molecule has 0 spiro atoms. The molecule has 2 aromatic carbocycles. The normalized spacial score (nSPS) is 11.2. The number of carbonyl (C=O) groups excluding carboxylic acids is 1. The highest BCUT2D eigenvalue weighted by molar-refractivity contribution is 7.90. The molecule has 3 aromatic rings. The molecule has 0 aliphatic heterocycles. The highest BCUT2D eigenvalue weighted by atomic mass is 35.5. The van der Waals surface area contributed by atoms with Crippen molar-refractivity contribution in [2.75, 3.05) is 11.6 Å². The van der Waals surface area contributed by atoms with Gasteiger partial charge in [-0.25, -0.2) is 8.42 Å². The topological polar surface area (TPSA) is 76.1 Å². The second-order valence-electron chi connectivity index (χ2n) is 5.66. The van der Waals surface area contributed by atoms with Gasteiger partial charge < -0.3 is 5.32 Å². The molecule has 132 valence electrons. The van der Waals surface area contributed by atoms with Crippen LogP contribution in [0.2, 0.25) is 5.02 Å². The Morgan fingerprint density at radius 1 is 1.00 bits per heavy atom. The number of rotatable bonds is 4. The number of hydrogen-bond acceptors (Lipinski definition) is 4. The number of amides is 1. The number of carbonyl (C=O) groups is 1. The SMILES string of the molecule is CS(=O)(=O)c1cccnc1-c1ccc(C(=O)Nc2ccc(Cl)cc2)cc1. The van der Waals surface area contributed by atoms with E-state index in [4.69, 9.17) is 11.6 Å². The van der Waals surface area contributed by atoms with Crippen molar-refractivity contribution in [2.24, 2.45) is 0 Å². The van der Waals surface area contributed by atoms with Crippen LogP contribution in [0.3, 0.4) is 0 Å². The maximum atomic E-state index is 12.3. The fraction of sp³-hybridized carbons (Fsp3) is 0.0526. The molecule has 5 nitrogen and oxygen atoms in total. The van der Waals surface area contributed by atoms with Gasteiger partial charge in [0.15, 0.2) is 9.84 Å². The maximum absolute atomic E-state index is 12.3. The lowest BCUT2D eigenvalue weighted by Gasteiger charge is -2.08. The van der Waals surface area contributed by atoms with Crippen LogP contribution in [0.5, 0.6) is 0 Å². The molecule has 1 aromatic heterocycles. The second kappa shape index (κ2) is 7.27. The van der Waals surface area contributed by atoms with Gasteiger partial charge in [-0.3, -0.25) is 9.78 Å². The van der Waals surface area contributed by atoms with Gasteiger partial charge in [0.25, 0.3) is 5.91 Å². The van der Waals surface area contributed by atoms with Crippen molar-refractivity contribution in [1.29, 1.82) is 0 Å². The molecule has 0 saturated carbocycles. The standard InChI is InChI=1S/C19H15ClN2O3S/c1-26(24,25)17-3-2-12-21-18(17)13-4-6-14(7-5-13)19(23)22-16-10-8-15(20)9-11-16/h2-12H,1H3,(H,22,23). The Labute approximate surface area is 156 Å². The van der Waals surface area contributed by atoms with E-state index in [1.807, 2.05) is 0 Å². The first kappa shape index (κ1) is 18.1. The van der Waals surface area contributed by atoms with Crippen LogP contribution in [0, 0.1) is 0 Å². The maximum Gasteiger partial charge on any atom is 0.255 e. The summed E-state index contributed by atoms with van der Waals surface area (Å²) in [6.07, 6.45) is 2.67. The smallest absolute Gasteiger partial charge is 0.255 e.